The molecule has 1 aliphatic rings. The van der Waals surface area contributed by atoms with Crippen molar-refractivity contribution < 1.29 is 48.4 Å². The number of amides is 2. The van der Waals surface area contributed by atoms with Gasteiger partial charge in [0.2, 0.25) is 12.7 Å². The van der Waals surface area contributed by atoms with Crippen LogP contribution in [0.5, 0.6) is 11.5 Å². The molecule has 406 valence electrons. The van der Waals surface area contributed by atoms with Gasteiger partial charge in [-0.1, -0.05) is 53.7 Å². The SMILES string of the molecule is CC.CC.CCCN(C=O)[C@H](C=Nc1cc(OCCCC=O)c(O[C@H]2C[C@@H](O)C[C@@H](C=O)O2)cc1C)CC.CNc1cc(C=O)n(C)c1.CNc1ccc(-c2cc(C(=O)Nc3ccc(N)cc3)n(C)c2)cc1.CO. The van der Waals surface area contributed by atoms with Gasteiger partial charge < -0.3 is 69.7 Å². The van der Waals surface area contributed by atoms with E-state index in [2.05, 4.69) is 20.9 Å². The van der Waals surface area contributed by atoms with Crippen LogP contribution < -0.4 is 31.2 Å². The summed E-state index contributed by atoms with van der Waals surface area (Å²) in [5, 5.41) is 26.0. The van der Waals surface area contributed by atoms with Gasteiger partial charge in [-0.25, -0.2) is 0 Å². The van der Waals surface area contributed by atoms with Crippen LogP contribution in [-0.4, -0.2) is 121 Å². The third kappa shape index (κ3) is 21.4. The Hall–Kier alpha value is -7.28. The van der Waals surface area contributed by atoms with Crippen molar-refractivity contribution in [2.75, 3.05) is 56.0 Å². The number of nitrogen functional groups attached to an aromatic ring is 1. The van der Waals surface area contributed by atoms with Crippen molar-refractivity contribution in [1.29, 1.82) is 0 Å². The first kappa shape index (κ1) is 64.7. The van der Waals surface area contributed by atoms with Crippen molar-refractivity contribution in [3.05, 3.63) is 102 Å². The highest BCUT2D eigenvalue weighted by atomic mass is 16.7. The van der Waals surface area contributed by atoms with Gasteiger partial charge in [-0.15, -0.1) is 0 Å². The minimum atomic E-state index is -0.801. The van der Waals surface area contributed by atoms with Gasteiger partial charge >= 0.3 is 0 Å². The Balaban J connectivity index is 0.000000589. The largest absolute Gasteiger partial charge is 0.490 e. The molecular formula is C56H82N8O10. The van der Waals surface area contributed by atoms with Crippen LogP contribution in [0.25, 0.3) is 11.1 Å². The zero-order valence-electron chi connectivity index (χ0n) is 45.5. The normalized spacial score (nSPS) is 14.6. The van der Waals surface area contributed by atoms with Crippen LogP contribution in [0.4, 0.5) is 28.4 Å². The summed E-state index contributed by atoms with van der Waals surface area (Å²) in [6, 6.07) is 22.3. The maximum absolute atomic E-state index is 12.5. The van der Waals surface area contributed by atoms with Crippen molar-refractivity contribution in [2.24, 2.45) is 19.1 Å². The molecule has 6 rings (SSSR count). The van der Waals surface area contributed by atoms with Gasteiger partial charge in [-0.05, 0) is 91.9 Å². The number of carbonyl (C=O) groups excluding carboxylic acids is 5. The van der Waals surface area contributed by atoms with Gasteiger partial charge in [0.15, 0.2) is 17.8 Å². The molecule has 74 heavy (non-hydrogen) atoms. The van der Waals surface area contributed by atoms with Crippen molar-refractivity contribution in [1.82, 2.24) is 14.0 Å². The van der Waals surface area contributed by atoms with Gasteiger partial charge in [-0.3, -0.25) is 19.4 Å². The molecule has 5 aromatic rings. The predicted octanol–water partition coefficient (Wildman–Crippen LogP) is 9.25. The molecule has 18 nitrogen and oxygen atoms in total. The number of aliphatic hydroxyl groups is 2. The number of anilines is 4. The highest BCUT2D eigenvalue weighted by Crippen LogP contribution is 2.37. The molecule has 0 spiro atoms. The van der Waals surface area contributed by atoms with E-state index in [0.29, 0.717) is 66.5 Å². The quantitative estimate of drug-likeness (QED) is 0.0174. The van der Waals surface area contributed by atoms with E-state index >= 15 is 0 Å². The monoisotopic (exact) mass is 1030 g/mol. The van der Waals surface area contributed by atoms with Crippen molar-refractivity contribution in [3.63, 3.8) is 0 Å². The lowest BCUT2D eigenvalue weighted by atomic mass is 10.1. The van der Waals surface area contributed by atoms with E-state index in [-0.39, 0.29) is 24.8 Å². The van der Waals surface area contributed by atoms with E-state index in [0.717, 1.165) is 72.7 Å². The second-order valence-electron chi connectivity index (χ2n) is 16.1. The zero-order valence-corrected chi connectivity index (χ0v) is 45.5. The second kappa shape index (κ2) is 36.6. The van der Waals surface area contributed by atoms with Crippen LogP contribution in [0.2, 0.25) is 0 Å². The van der Waals surface area contributed by atoms with E-state index in [4.69, 9.17) is 25.1 Å². The van der Waals surface area contributed by atoms with Gasteiger partial charge in [0.05, 0.1) is 35.8 Å². The summed E-state index contributed by atoms with van der Waals surface area (Å²) in [4.78, 5) is 62.4. The zero-order chi connectivity index (χ0) is 55.6. The maximum Gasteiger partial charge on any atom is 0.272 e. The fourth-order valence-corrected chi connectivity index (χ4v) is 7.06. The lowest BCUT2D eigenvalue weighted by molar-refractivity contribution is -0.176. The number of ether oxygens (including phenoxy) is 3. The van der Waals surface area contributed by atoms with Gasteiger partial charge in [0.25, 0.3) is 5.91 Å². The maximum atomic E-state index is 12.5. The molecule has 4 atom stereocenters. The summed E-state index contributed by atoms with van der Waals surface area (Å²) in [5.41, 5.74) is 13.9. The van der Waals surface area contributed by atoms with Crippen LogP contribution in [0, 0.1) is 6.92 Å². The fourth-order valence-electron chi connectivity index (χ4n) is 7.06. The first-order valence-electron chi connectivity index (χ1n) is 25.1. The third-order valence-corrected chi connectivity index (χ3v) is 10.9. The number of nitrogens with one attached hydrogen (secondary N) is 3. The van der Waals surface area contributed by atoms with Crippen molar-refractivity contribution >= 4 is 65.8 Å². The number of aldehydes is 3. The number of nitrogens with two attached hydrogens (primary N) is 1. The Bertz CT molecular complexity index is 2420. The van der Waals surface area contributed by atoms with E-state index in [1.807, 2.05) is 124 Å². The summed E-state index contributed by atoms with van der Waals surface area (Å²) in [5.74, 6) is 0.669. The molecule has 1 aliphatic heterocycles. The molecule has 18 heteroatoms. The number of unbranched alkanes of at least 4 members (excludes halogenated alkanes) is 1. The van der Waals surface area contributed by atoms with E-state index in [1.54, 1.807) is 58.1 Å². The topological polar surface area (TPSA) is 241 Å². The number of nitrogens with zero attached hydrogens (tertiary/aromatic N) is 4. The van der Waals surface area contributed by atoms with E-state index in [1.165, 1.54) is 0 Å². The van der Waals surface area contributed by atoms with Crippen LogP contribution in [-0.2, 0) is 33.2 Å². The standard InChI is InChI=1S/C25H36N2O7.C19H20N4O.C7H10N2O.2C2H6.CH4O/c1-4-8-27(17-30)19(5-2)15-26-22-14-23(32-10-7-6-9-28)24(11-18(22)3)34-25-13-20(31)12-21(16-29)33-25;1-21-16-7-3-13(4-8-16)14-11-18(23(2)12-14)19(24)22-17-9-5-15(20)6-10-17;1-8-6-3-7(5-10)9(2)4-6;3*1-2/h9,11,14-17,19-21,25,31H,4-8,10,12-13H2,1-3H3;3-12,21H,20H2,1-2H3,(H,22,24);3-5,8H,1-2H3;2*1-2H3;2H,1H3/t19-,20-,21-,25-;;;;;/m0...../s1. The first-order chi connectivity index (χ1) is 35.8. The molecule has 3 heterocycles. The number of rotatable bonds is 21. The predicted molar refractivity (Wildman–Crippen MR) is 298 cm³/mol. The molecule has 0 aliphatic carbocycles. The average Bonchev–Trinajstić information content (AvgIpc) is 4.01. The molecule has 0 unspecified atom stereocenters. The third-order valence-electron chi connectivity index (χ3n) is 10.9. The van der Waals surface area contributed by atoms with E-state index < -0.39 is 18.5 Å². The number of aromatic nitrogens is 2. The number of benzene rings is 3. The molecule has 2 amide bonds. The Labute approximate surface area is 438 Å². The summed E-state index contributed by atoms with van der Waals surface area (Å²) in [6.45, 7) is 14.9. The molecule has 2 aromatic heterocycles. The number of hydrogen-bond acceptors (Lipinski definition) is 14. The summed E-state index contributed by atoms with van der Waals surface area (Å²) in [7, 11) is 8.41. The highest BCUT2D eigenvalue weighted by molar-refractivity contribution is 6.04. The van der Waals surface area contributed by atoms with Gasteiger partial charge in [-0.2, -0.15) is 0 Å². The Kier molecular flexibility index (Phi) is 32.0. The summed E-state index contributed by atoms with van der Waals surface area (Å²) >= 11 is 0. The minimum absolute atomic E-state index is 0.123. The van der Waals surface area contributed by atoms with Crippen LogP contribution in [0.3, 0.4) is 0 Å². The lowest BCUT2D eigenvalue weighted by Gasteiger charge is -2.31. The molecule has 7 N–H and O–H groups in total. The second-order valence-corrected chi connectivity index (χ2v) is 16.1. The highest BCUT2D eigenvalue weighted by Gasteiger charge is 2.30. The smallest absolute Gasteiger partial charge is 0.272 e. The molecule has 0 bridgehead atoms. The Morgan fingerprint density at radius 2 is 1.51 bits per heavy atom. The lowest BCUT2D eigenvalue weighted by Crippen LogP contribution is -2.39. The first-order valence-corrected chi connectivity index (χ1v) is 25.1. The minimum Gasteiger partial charge on any atom is -0.490 e. The summed E-state index contributed by atoms with van der Waals surface area (Å²) in [6.07, 6.45) is 9.49. The molecule has 1 saturated heterocycles. The number of hydrogen-bond donors (Lipinski definition) is 6. The van der Waals surface area contributed by atoms with Crippen LogP contribution >= 0.6 is 0 Å². The molecule has 0 radical (unpaired) electrons. The fraction of sp³-hybridized carbons (Fsp3) is 0.429. The van der Waals surface area contributed by atoms with Crippen LogP contribution in [0.1, 0.15) is 107 Å². The Morgan fingerprint density at radius 3 is 2.05 bits per heavy atom. The summed E-state index contributed by atoms with van der Waals surface area (Å²) < 4.78 is 21.1. The van der Waals surface area contributed by atoms with Gasteiger partial charge in [0.1, 0.15) is 24.4 Å². The number of aryl methyl sites for hydroxylation is 3. The molecule has 0 saturated carbocycles. The number of aliphatic imine (C=N–C) groups is 1. The Morgan fingerprint density at radius 1 is 0.865 bits per heavy atom. The van der Waals surface area contributed by atoms with Crippen molar-refractivity contribution in [3.8, 4) is 22.6 Å². The van der Waals surface area contributed by atoms with Crippen molar-refractivity contribution in [2.45, 2.75) is 112 Å². The van der Waals surface area contributed by atoms with Crippen LogP contribution in [0.15, 0.2) is 90.2 Å². The number of aliphatic hydroxyl groups excluding tert-OH is 2. The van der Waals surface area contributed by atoms with E-state index in [9.17, 15) is 29.1 Å². The van der Waals surface area contributed by atoms with Gasteiger partial charge in [0, 0.05) is 108 Å². The molecule has 1 fully saturated rings. The number of carbonyl (C=O) groups is 5. The molecule has 3 aromatic carbocycles. The average molecular weight is 1030 g/mol. The molecular weight excluding hydrogens is 945 g/mol.